The van der Waals surface area contributed by atoms with Gasteiger partial charge in [0.25, 0.3) is 0 Å². The lowest BCUT2D eigenvalue weighted by Gasteiger charge is -2.19. The number of carbonyl (C=O) groups excluding carboxylic acids is 3. The molecule has 0 radical (unpaired) electrons. The van der Waals surface area contributed by atoms with E-state index in [1.165, 1.54) is 6.07 Å². The van der Waals surface area contributed by atoms with Crippen LogP contribution in [-0.2, 0) is 16.1 Å². The second-order valence-electron chi connectivity index (χ2n) is 6.90. The fraction of sp³-hybridized carbons (Fsp3) is 0.238. The number of nitrogens with one attached hydrogen (secondary N) is 1. The van der Waals surface area contributed by atoms with Gasteiger partial charge in [0.15, 0.2) is 0 Å². The topological polar surface area (TPSA) is 102 Å². The lowest BCUT2D eigenvalue weighted by Crippen LogP contribution is -2.31. The summed E-state index contributed by atoms with van der Waals surface area (Å²) in [5.41, 5.74) is 1.40. The van der Waals surface area contributed by atoms with Crippen molar-refractivity contribution in [1.82, 2.24) is 4.98 Å². The monoisotopic (exact) mass is 376 g/mol. The Kier molecular flexibility index (Phi) is 4.65. The molecule has 1 N–H and O–H groups in total. The number of allylic oxidation sites excluding steroid dienone is 2. The molecule has 1 aliphatic carbocycles. The number of anilines is 2. The number of fused-ring (bicyclic) bond motifs is 1. The Balaban J connectivity index is 1.61. The van der Waals surface area contributed by atoms with E-state index in [1.54, 1.807) is 30.6 Å². The summed E-state index contributed by atoms with van der Waals surface area (Å²) in [6, 6.07) is 8.11. The molecule has 1 saturated heterocycles. The quantitative estimate of drug-likeness (QED) is 0.627. The average Bonchev–Trinajstić information content (AvgIpc) is 2.98. The van der Waals surface area contributed by atoms with Crippen molar-refractivity contribution in [1.29, 1.82) is 0 Å². The van der Waals surface area contributed by atoms with Crippen LogP contribution in [0.4, 0.5) is 11.4 Å². The number of carboxylic acids is 1. The molecule has 2 amide bonds. The predicted molar refractivity (Wildman–Crippen MR) is 100 cm³/mol. The number of aromatic carboxylic acids is 1. The third kappa shape index (κ3) is 3.15. The minimum Gasteiger partial charge on any atom is -0.545 e. The van der Waals surface area contributed by atoms with Crippen molar-refractivity contribution >= 4 is 29.2 Å². The Morgan fingerprint density at radius 2 is 1.86 bits per heavy atom. The van der Waals surface area contributed by atoms with Crippen molar-refractivity contribution in [2.75, 3.05) is 10.2 Å². The fourth-order valence-corrected chi connectivity index (χ4v) is 3.75. The molecule has 2 aromatic rings. The standard InChI is InChI=1S/C21H19N3O4/c25-19-15-5-1-2-6-16(15)20(26)24(19)14-7-8-18(17(10-14)21(27)28)23-12-13-4-3-9-22-11-13/h1-4,7-11,15-16,23H,5-6,12H2,(H,27,28)/p-1/t15-,16-/m1/s1. The SMILES string of the molecule is O=C([O-])c1cc(N2C(=O)[C@@H]3CC=CC[C@H]3C2=O)ccc1NCc1cccnc1. The van der Waals surface area contributed by atoms with Crippen molar-refractivity contribution in [2.45, 2.75) is 19.4 Å². The summed E-state index contributed by atoms with van der Waals surface area (Å²) in [6.45, 7) is 0.380. The Morgan fingerprint density at radius 1 is 1.14 bits per heavy atom. The molecule has 0 saturated carbocycles. The van der Waals surface area contributed by atoms with Gasteiger partial charge in [0.1, 0.15) is 0 Å². The number of imide groups is 1. The highest BCUT2D eigenvalue weighted by atomic mass is 16.4. The van der Waals surface area contributed by atoms with Crippen LogP contribution < -0.4 is 15.3 Å². The van der Waals surface area contributed by atoms with E-state index in [0.29, 0.717) is 25.1 Å². The first-order valence-electron chi connectivity index (χ1n) is 9.07. The van der Waals surface area contributed by atoms with E-state index >= 15 is 0 Å². The molecule has 0 spiro atoms. The maximum Gasteiger partial charge on any atom is 0.238 e. The zero-order chi connectivity index (χ0) is 19.7. The van der Waals surface area contributed by atoms with Gasteiger partial charge in [-0.2, -0.15) is 0 Å². The number of amides is 2. The molecule has 0 bridgehead atoms. The van der Waals surface area contributed by atoms with Gasteiger partial charge in [0.05, 0.1) is 23.5 Å². The number of pyridine rings is 1. The summed E-state index contributed by atoms with van der Waals surface area (Å²) in [7, 11) is 0. The van der Waals surface area contributed by atoms with Crippen LogP contribution in [0.1, 0.15) is 28.8 Å². The van der Waals surface area contributed by atoms with E-state index in [1.807, 2.05) is 18.2 Å². The van der Waals surface area contributed by atoms with Crippen LogP contribution >= 0.6 is 0 Å². The van der Waals surface area contributed by atoms with Gasteiger partial charge >= 0.3 is 0 Å². The smallest absolute Gasteiger partial charge is 0.238 e. The Bertz CT molecular complexity index is 945. The number of carboxylic acid groups (broad SMARTS) is 1. The molecule has 28 heavy (non-hydrogen) atoms. The average molecular weight is 376 g/mol. The van der Waals surface area contributed by atoms with Gasteiger partial charge < -0.3 is 15.2 Å². The number of hydrogen-bond acceptors (Lipinski definition) is 6. The van der Waals surface area contributed by atoms with Gasteiger partial charge in [-0.25, -0.2) is 0 Å². The van der Waals surface area contributed by atoms with E-state index in [4.69, 9.17) is 0 Å². The molecule has 142 valence electrons. The van der Waals surface area contributed by atoms with Crippen molar-refractivity contribution in [3.63, 3.8) is 0 Å². The van der Waals surface area contributed by atoms with Crippen LogP contribution in [0.3, 0.4) is 0 Å². The second-order valence-corrected chi connectivity index (χ2v) is 6.90. The van der Waals surface area contributed by atoms with Crippen molar-refractivity contribution < 1.29 is 19.5 Å². The summed E-state index contributed by atoms with van der Waals surface area (Å²) in [4.78, 5) is 42.2. The Labute approximate surface area is 161 Å². The Hall–Kier alpha value is -3.48. The number of carbonyl (C=O) groups is 3. The number of aromatic nitrogens is 1. The first-order chi connectivity index (χ1) is 13.6. The highest BCUT2D eigenvalue weighted by molar-refractivity contribution is 6.22. The fourth-order valence-electron chi connectivity index (χ4n) is 3.75. The zero-order valence-corrected chi connectivity index (χ0v) is 15.0. The van der Waals surface area contributed by atoms with E-state index in [-0.39, 0.29) is 34.9 Å². The van der Waals surface area contributed by atoms with Crippen molar-refractivity contribution in [3.8, 4) is 0 Å². The zero-order valence-electron chi connectivity index (χ0n) is 15.0. The Morgan fingerprint density at radius 3 is 2.46 bits per heavy atom. The molecule has 4 rings (SSSR count). The molecule has 2 heterocycles. The largest absolute Gasteiger partial charge is 0.545 e. The van der Waals surface area contributed by atoms with Crippen LogP contribution in [0.15, 0.2) is 54.9 Å². The maximum atomic E-state index is 12.7. The number of nitrogens with zero attached hydrogens (tertiary/aromatic N) is 2. The molecule has 1 aromatic heterocycles. The number of benzene rings is 1. The summed E-state index contributed by atoms with van der Waals surface area (Å²) < 4.78 is 0. The van der Waals surface area contributed by atoms with Crippen molar-refractivity contribution in [3.05, 3.63) is 66.0 Å². The van der Waals surface area contributed by atoms with Crippen LogP contribution in [-0.4, -0.2) is 22.8 Å². The third-order valence-electron chi connectivity index (χ3n) is 5.19. The van der Waals surface area contributed by atoms with E-state index < -0.39 is 5.97 Å². The molecule has 1 aromatic carbocycles. The summed E-state index contributed by atoms with van der Waals surface area (Å²) in [5, 5.41) is 14.7. The van der Waals surface area contributed by atoms with Crippen LogP contribution in [0.2, 0.25) is 0 Å². The molecule has 2 atom stereocenters. The molecule has 2 aliphatic rings. The molecule has 1 fully saturated rings. The minimum atomic E-state index is -1.38. The van der Waals surface area contributed by atoms with Gasteiger partial charge in [-0.15, -0.1) is 0 Å². The summed E-state index contributed by atoms with van der Waals surface area (Å²) >= 11 is 0. The third-order valence-corrected chi connectivity index (χ3v) is 5.19. The highest BCUT2D eigenvalue weighted by Crippen LogP contribution is 2.38. The number of hydrogen-bond donors (Lipinski definition) is 1. The molecule has 7 heteroatoms. The van der Waals surface area contributed by atoms with Gasteiger partial charge in [-0.3, -0.25) is 19.5 Å². The molecular formula is C21H18N3O4-. The molecule has 7 nitrogen and oxygen atoms in total. The van der Waals surface area contributed by atoms with Crippen molar-refractivity contribution in [2.24, 2.45) is 11.8 Å². The normalized spacial score (nSPS) is 20.9. The van der Waals surface area contributed by atoms with Crippen LogP contribution in [0, 0.1) is 11.8 Å². The molecule has 1 aliphatic heterocycles. The highest BCUT2D eigenvalue weighted by Gasteiger charge is 2.47. The predicted octanol–water partition coefficient (Wildman–Crippen LogP) is 1.51. The van der Waals surface area contributed by atoms with Gasteiger partial charge in [-0.05, 0) is 42.7 Å². The minimum absolute atomic E-state index is 0.102. The molecule has 0 unspecified atom stereocenters. The van der Waals surface area contributed by atoms with E-state index in [9.17, 15) is 19.5 Å². The lowest BCUT2D eigenvalue weighted by molar-refractivity contribution is -0.254. The second kappa shape index (κ2) is 7.26. The summed E-state index contributed by atoms with van der Waals surface area (Å²) in [5.74, 6) is -2.67. The first kappa shape index (κ1) is 17.9. The summed E-state index contributed by atoms with van der Waals surface area (Å²) in [6.07, 6.45) is 8.22. The van der Waals surface area contributed by atoms with Crippen LogP contribution in [0.5, 0.6) is 0 Å². The lowest BCUT2D eigenvalue weighted by atomic mass is 9.85. The maximum absolute atomic E-state index is 12.7. The van der Waals surface area contributed by atoms with Gasteiger partial charge in [0.2, 0.25) is 11.8 Å². The van der Waals surface area contributed by atoms with Crippen LogP contribution in [0.25, 0.3) is 0 Å². The van der Waals surface area contributed by atoms with Gasteiger partial charge in [-0.1, -0.05) is 18.2 Å². The van der Waals surface area contributed by atoms with E-state index in [2.05, 4.69) is 10.3 Å². The van der Waals surface area contributed by atoms with E-state index in [0.717, 1.165) is 10.5 Å². The first-order valence-corrected chi connectivity index (χ1v) is 9.07. The number of rotatable bonds is 5. The van der Waals surface area contributed by atoms with Gasteiger partial charge in [0, 0.05) is 30.2 Å². The molecular weight excluding hydrogens is 358 g/mol.